The summed E-state index contributed by atoms with van der Waals surface area (Å²) in [6.45, 7) is 0. The van der Waals surface area contributed by atoms with E-state index in [-0.39, 0.29) is 0 Å². The lowest BCUT2D eigenvalue weighted by atomic mass is 9.89. The Bertz CT molecular complexity index is 8250. The second-order valence-electron chi connectivity index (χ2n) is 31.3. The second kappa shape index (κ2) is 27.9. The van der Waals surface area contributed by atoms with Crippen LogP contribution in [0.3, 0.4) is 0 Å². The number of nitrogens with zero attached hydrogens (tertiary/aromatic N) is 2. The van der Waals surface area contributed by atoms with Crippen LogP contribution >= 0.6 is 0 Å². The summed E-state index contributed by atoms with van der Waals surface area (Å²) in [4.78, 5) is 4.71. The van der Waals surface area contributed by atoms with Gasteiger partial charge < -0.3 is 27.5 Å². The number of anilines is 6. The zero-order valence-corrected chi connectivity index (χ0v) is 64.9. The molecule has 0 bridgehead atoms. The Labute approximate surface area is 690 Å². The van der Waals surface area contributed by atoms with Crippen LogP contribution in [0.25, 0.3) is 209 Å². The number of fused-ring (bicyclic) bond motifs is 17. The largest absolute Gasteiger partial charge is 0.455 e. The highest BCUT2D eigenvalue weighted by Crippen LogP contribution is 2.52. The maximum Gasteiger partial charge on any atom is 0.159 e. The van der Waals surface area contributed by atoms with Gasteiger partial charge in [0, 0.05) is 87.5 Å². The molecule has 560 valence electrons. The normalized spacial score (nSPS) is 11.8. The molecule has 24 aromatic rings. The van der Waals surface area contributed by atoms with E-state index in [4.69, 9.17) is 17.7 Å². The Hall–Kier alpha value is -16.0. The van der Waals surface area contributed by atoms with E-state index in [2.05, 4.69) is 422 Å². The van der Waals surface area contributed by atoms with Crippen molar-refractivity contribution in [1.29, 1.82) is 0 Å². The van der Waals surface area contributed by atoms with Crippen molar-refractivity contribution < 1.29 is 17.7 Å². The van der Waals surface area contributed by atoms with Gasteiger partial charge in [-0.05, 0) is 198 Å². The summed E-state index contributed by atoms with van der Waals surface area (Å²) < 4.78 is 28.1. The molecule has 4 heterocycles. The molecule has 4 aromatic heterocycles. The van der Waals surface area contributed by atoms with Gasteiger partial charge in [-0.2, -0.15) is 0 Å². The second-order valence-corrected chi connectivity index (χ2v) is 31.3. The maximum absolute atomic E-state index is 7.33. The molecule has 120 heavy (non-hydrogen) atoms. The van der Waals surface area contributed by atoms with Gasteiger partial charge in [-0.15, -0.1) is 0 Å². The van der Waals surface area contributed by atoms with Crippen molar-refractivity contribution in [3.63, 3.8) is 0 Å². The van der Waals surface area contributed by atoms with Crippen LogP contribution in [0.15, 0.2) is 442 Å². The minimum atomic E-state index is 0.810. The number of benzene rings is 20. The summed E-state index contributed by atoms with van der Waals surface area (Å²) in [6.07, 6.45) is 0. The molecule has 0 saturated heterocycles. The van der Waals surface area contributed by atoms with Crippen LogP contribution in [-0.2, 0) is 0 Å². The number of hydrogen-bond acceptors (Lipinski definition) is 6. The summed E-state index contributed by atoms with van der Waals surface area (Å²) in [6, 6.07) is 153. The molecule has 0 aliphatic heterocycles. The van der Waals surface area contributed by atoms with Crippen molar-refractivity contribution >= 4 is 154 Å². The van der Waals surface area contributed by atoms with E-state index in [0.717, 1.165) is 221 Å². The van der Waals surface area contributed by atoms with Crippen LogP contribution in [0.1, 0.15) is 0 Å². The van der Waals surface area contributed by atoms with Crippen LogP contribution in [0.5, 0.6) is 0 Å². The van der Waals surface area contributed by atoms with Crippen LogP contribution in [0.4, 0.5) is 34.1 Å². The highest BCUT2D eigenvalue weighted by Gasteiger charge is 2.28. The van der Waals surface area contributed by atoms with Gasteiger partial charge in [0.2, 0.25) is 0 Å². The molecule has 0 radical (unpaired) electrons. The zero-order valence-electron chi connectivity index (χ0n) is 64.9. The smallest absolute Gasteiger partial charge is 0.159 e. The summed E-state index contributed by atoms with van der Waals surface area (Å²) >= 11 is 0. The van der Waals surface area contributed by atoms with Gasteiger partial charge in [0.15, 0.2) is 11.2 Å². The van der Waals surface area contributed by atoms with Gasteiger partial charge in [-0.3, -0.25) is 0 Å². The fourth-order valence-corrected chi connectivity index (χ4v) is 18.7. The lowest BCUT2D eigenvalue weighted by Crippen LogP contribution is -2.11. The van der Waals surface area contributed by atoms with Crippen molar-refractivity contribution in [1.82, 2.24) is 0 Å². The molecule has 6 heteroatoms. The molecule has 0 fully saturated rings. The Kier molecular flexibility index (Phi) is 15.9. The summed E-state index contributed by atoms with van der Waals surface area (Å²) in [5, 5.41) is 15.4. The SMILES string of the molecule is c1ccc(-c2cc(-c3ccc(N(c4ccccc4-c4cccc5c4oc4c6ccccc6ccc54)c4cccc5c4oc4ccccc45)cc3)ccc2-c2cccc(-c3ccc4c(ccc5c6cccc(-c7ccccc7N(c7ccc(-c8cccc(-c9ccc%10ccccc%10c9)c8)cc7)c7cccc8c7oc7ccccc78)c6oc45)c3)c2)cc1. The molecule has 6 nitrogen and oxygen atoms in total. The molecule has 20 aromatic carbocycles. The number of hydrogen-bond donors (Lipinski definition) is 0. The molecular formula is C114H70N2O4. The van der Waals surface area contributed by atoms with Crippen LogP contribution in [0.2, 0.25) is 0 Å². The maximum atomic E-state index is 7.33. The van der Waals surface area contributed by atoms with Gasteiger partial charge in [0.1, 0.15) is 33.5 Å². The molecule has 0 amide bonds. The quantitative estimate of drug-likeness (QED) is 0.108. The van der Waals surface area contributed by atoms with E-state index in [9.17, 15) is 0 Å². The van der Waals surface area contributed by atoms with Crippen LogP contribution in [0, 0.1) is 0 Å². The molecule has 24 rings (SSSR count). The fourth-order valence-electron chi connectivity index (χ4n) is 18.7. The highest BCUT2D eigenvalue weighted by atomic mass is 16.3. The van der Waals surface area contributed by atoms with Gasteiger partial charge in [0.05, 0.1) is 22.7 Å². The van der Waals surface area contributed by atoms with Crippen LogP contribution < -0.4 is 9.80 Å². The zero-order chi connectivity index (χ0) is 78.9. The minimum absolute atomic E-state index is 0.810. The lowest BCUT2D eigenvalue weighted by molar-refractivity contribution is 0.668. The Morgan fingerprint density at radius 2 is 0.492 bits per heavy atom. The molecule has 0 unspecified atom stereocenters. The van der Waals surface area contributed by atoms with E-state index >= 15 is 0 Å². The topological polar surface area (TPSA) is 59.0 Å². The Morgan fingerprint density at radius 1 is 0.142 bits per heavy atom. The molecule has 0 saturated carbocycles. The molecule has 0 aliphatic rings. The monoisotopic (exact) mass is 1530 g/mol. The third kappa shape index (κ3) is 11.3. The summed E-state index contributed by atoms with van der Waals surface area (Å²) in [5.74, 6) is 0. The first-order valence-corrected chi connectivity index (χ1v) is 40.9. The van der Waals surface area contributed by atoms with Crippen molar-refractivity contribution in [3.05, 3.63) is 425 Å². The Morgan fingerprint density at radius 3 is 1.08 bits per heavy atom. The van der Waals surface area contributed by atoms with Crippen molar-refractivity contribution in [2.45, 2.75) is 0 Å². The van der Waals surface area contributed by atoms with E-state index in [1.807, 2.05) is 12.1 Å². The van der Waals surface area contributed by atoms with Gasteiger partial charge in [0.25, 0.3) is 0 Å². The standard InChI is InChI=1S/C114H70N2O4/c1-2-23-74(24-3-1)102-70-82(73-52-60-86(61-53-73)116(106-45-21-41-97-93-35-11-15-47-108(93)118-114(97)106)103-42-12-8-32-90(103)94-36-18-38-98-100-64-54-75-25-6-7-31-88(75)109(100)119-111(94)98)55-62-87(102)83-30-17-29-79(68-83)81-56-63-89-84(69-81)57-65-101-99-39-19-37-95(112(99)120-110(89)101)91-33-9-13-43-104(91)115(105-44-20-40-96-92-34-10-14-46-107(92)117-113(96)105)85-58-50-72(51-59-85)77-27-16-28-78(66-77)80-49-48-71-22-4-5-26-76(71)67-80/h1-70H. The molecule has 0 aliphatic carbocycles. The van der Waals surface area contributed by atoms with E-state index in [1.165, 1.54) is 21.9 Å². The Balaban J connectivity index is 0.569. The van der Waals surface area contributed by atoms with E-state index in [0.29, 0.717) is 0 Å². The van der Waals surface area contributed by atoms with Crippen LogP contribution in [-0.4, -0.2) is 0 Å². The number of rotatable bonds is 14. The fraction of sp³-hybridized carbons (Fsp3) is 0. The highest BCUT2D eigenvalue weighted by molar-refractivity contribution is 6.21. The predicted molar refractivity (Wildman–Crippen MR) is 501 cm³/mol. The minimum Gasteiger partial charge on any atom is -0.455 e. The number of furan rings is 4. The van der Waals surface area contributed by atoms with E-state index in [1.54, 1.807) is 0 Å². The van der Waals surface area contributed by atoms with Crippen molar-refractivity contribution in [2.75, 3.05) is 9.80 Å². The molecule has 0 spiro atoms. The van der Waals surface area contributed by atoms with Crippen molar-refractivity contribution in [3.8, 4) is 89.0 Å². The van der Waals surface area contributed by atoms with Gasteiger partial charge in [-0.1, -0.05) is 315 Å². The van der Waals surface area contributed by atoms with Crippen molar-refractivity contribution in [2.24, 2.45) is 0 Å². The molecule has 0 atom stereocenters. The first kappa shape index (κ1) is 68.4. The van der Waals surface area contributed by atoms with E-state index < -0.39 is 0 Å². The van der Waals surface area contributed by atoms with Gasteiger partial charge >= 0.3 is 0 Å². The summed E-state index contributed by atoms with van der Waals surface area (Å²) in [5.41, 5.74) is 30.2. The molecular weight excluding hydrogens is 1460 g/mol. The average molecular weight is 1530 g/mol. The summed E-state index contributed by atoms with van der Waals surface area (Å²) in [7, 11) is 0. The first-order chi connectivity index (χ1) is 59.5. The lowest BCUT2D eigenvalue weighted by Gasteiger charge is -2.28. The first-order valence-electron chi connectivity index (χ1n) is 40.9. The average Bonchev–Trinajstić information content (AvgIpc) is 1.56. The molecule has 0 N–H and O–H groups in total. The third-order valence-corrected chi connectivity index (χ3v) is 24.5. The third-order valence-electron chi connectivity index (χ3n) is 24.5. The number of para-hydroxylation sites is 8. The predicted octanol–water partition coefficient (Wildman–Crippen LogP) is 33.0. The van der Waals surface area contributed by atoms with Gasteiger partial charge in [-0.25, -0.2) is 0 Å².